The van der Waals surface area contributed by atoms with Crippen LogP contribution in [0.15, 0.2) is 40.1 Å². The molecule has 3 rings (SSSR count). The number of allylic oxidation sites excluding steroid dienone is 1. The molecule has 0 saturated carbocycles. The number of nitrogens with zero attached hydrogens (tertiary/aromatic N) is 1. The normalized spacial score (nSPS) is 18.5. The van der Waals surface area contributed by atoms with E-state index in [4.69, 9.17) is 0 Å². The van der Waals surface area contributed by atoms with Crippen LogP contribution in [0.25, 0.3) is 0 Å². The number of hydrogen-bond acceptors (Lipinski definition) is 4. The van der Waals surface area contributed by atoms with Crippen molar-refractivity contribution in [1.82, 2.24) is 0 Å². The molecule has 0 atom stereocenters. The molecule has 0 unspecified atom stereocenters. The Hall–Kier alpha value is -1.61. The highest BCUT2D eigenvalue weighted by molar-refractivity contribution is 8.18. The summed E-state index contributed by atoms with van der Waals surface area (Å²) in [6.45, 7) is 1.61. The molecule has 9 heteroatoms. The number of carboxylic acids is 1. The average Bonchev–Trinajstić information content (AvgIpc) is 2.52. The van der Waals surface area contributed by atoms with E-state index < -0.39 is 29.2 Å². The van der Waals surface area contributed by atoms with Crippen molar-refractivity contribution in [3.8, 4) is 0 Å². The number of benzene rings is 1. The van der Waals surface area contributed by atoms with Gasteiger partial charge in [0, 0.05) is 10.8 Å². The zero-order valence-corrected chi connectivity index (χ0v) is 14.6. The first-order valence-corrected chi connectivity index (χ1v) is 9.37. The van der Waals surface area contributed by atoms with Gasteiger partial charge in [0.25, 0.3) is 0 Å². The minimum absolute atomic E-state index is 0.184. The fraction of sp³-hybridized carbons (Fsp3) is 0.312. The summed E-state index contributed by atoms with van der Waals surface area (Å²) in [5.74, 6) is -2.11. The van der Waals surface area contributed by atoms with Crippen LogP contribution >= 0.6 is 23.5 Å². The van der Waals surface area contributed by atoms with Gasteiger partial charge in [0.05, 0.1) is 16.3 Å². The molecule has 0 fully saturated rings. The highest BCUT2D eigenvalue weighted by Gasteiger charge is 2.39. The molecule has 0 saturated heterocycles. The maximum Gasteiger partial charge on any atom is 0.419 e. The Morgan fingerprint density at radius 2 is 2.04 bits per heavy atom. The molecular weight excluding hydrogens is 378 g/mol. The van der Waals surface area contributed by atoms with Crippen molar-refractivity contribution in [3.05, 3.63) is 51.5 Å². The first-order valence-electron chi connectivity index (χ1n) is 7.23. The van der Waals surface area contributed by atoms with E-state index >= 15 is 0 Å². The maximum atomic E-state index is 14.7. The predicted molar refractivity (Wildman–Crippen MR) is 90.8 cm³/mol. The fourth-order valence-corrected chi connectivity index (χ4v) is 5.25. The van der Waals surface area contributed by atoms with Gasteiger partial charge in [-0.15, -0.1) is 11.8 Å². The Balaban J connectivity index is 2.22. The van der Waals surface area contributed by atoms with E-state index in [0.29, 0.717) is 33.9 Å². The van der Waals surface area contributed by atoms with Gasteiger partial charge < -0.3 is 5.11 Å². The number of hydrogen-bond donors (Lipinski definition) is 1. The molecule has 0 spiro atoms. The number of halogens is 4. The van der Waals surface area contributed by atoms with Crippen LogP contribution in [0.4, 0.5) is 23.2 Å². The number of thioether (sulfide) groups is 2. The van der Waals surface area contributed by atoms with Gasteiger partial charge in [-0.3, -0.25) is 4.90 Å². The smallest absolute Gasteiger partial charge is 0.419 e. The van der Waals surface area contributed by atoms with Crippen molar-refractivity contribution in [3.63, 3.8) is 0 Å². The molecular formula is C16H13F4NO2S2. The van der Waals surface area contributed by atoms with Crippen LogP contribution < -0.4 is 4.90 Å². The van der Waals surface area contributed by atoms with E-state index in [2.05, 4.69) is 0 Å². The molecule has 0 aromatic heterocycles. The van der Waals surface area contributed by atoms with Crippen LogP contribution in [0.3, 0.4) is 0 Å². The Labute approximate surface area is 149 Å². The fourth-order valence-electron chi connectivity index (χ4n) is 2.89. The summed E-state index contributed by atoms with van der Waals surface area (Å²) < 4.78 is 53.8. The highest BCUT2D eigenvalue weighted by atomic mass is 32.2. The lowest BCUT2D eigenvalue weighted by Gasteiger charge is -2.36. The lowest BCUT2D eigenvalue weighted by Crippen LogP contribution is -2.33. The Morgan fingerprint density at radius 3 is 2.68 bits per heavy atom. The van der Waals surface area contributed by atoms with E-state index in [1.807, 2.05) is 0 Å². The van der Waals surface area contributed by atoms with Crippen LogP contribution in [-0.4, -0.2) is 21.9 Å². The second kappa shape index (κ2) is 6.60. The first kappa shape index (κ1) is 18.2. The summed E-state index contributed by atoms with van der Waals surface area (Å²) in [5.41, 5.74) is -0.587. The van der Waals surface area contributed by atoms with E-state index in [1.54, 1.807) is 18.7 Å². The second-order valence-electron chi connectivity index (χ2n) is 5.60. The molecule has 2 aliphatic rings. The zero-order chi connectivity index (χ0) is 18.4. The molecule has 25 heavy (non-hydrogen) atoms. The second-order valence-corrected chi connectivity index (χ2v) is 7.92. The van der Waals surface area contributed by atoms with Gasteiger partial charge in [-0.05, 0) is 36.6 Å². The van der Waals surface area contributed by atoms with E-state index in [-0.39, 0.29) is 5.70 Å². The van der Waals surface area contributed by atoms with Crippen LogP contribution in [-0.2, 0) is 11.0 Å². The highest BCUT2D eigenvalue weighted by Crippen LogP contribution is 2.46. The number of rotatable bonds is 2. The molecule has 2 aliphatic heterocycles. The van der Waals surface area contributed by atoms with Crippen LogP contribution in [0.1, 0.15) is 18.9 Å². The molecule has 134 valence electrons. The Bertz CT molecular complexity index is 802. The summed E-state index contributed by atoms with van der Waals surface area (Å²) >= 11 is 2.95. The molecule has 1 aromatic carbocycles. The minimum atomic E-state index is -4.86. The summed E-state index contributed by atoms with van der Waals surface area (Å²) in [6, 6.07) is 2.92. The molecule has 0 bridgehead atoms. The van der Waals surface area contributed by atoms with Crippen molar-refractivity contribution < 1.29 is 27.5 Å². The van der Waals surface area contributed by atoms with Crippen molar-refractivity contribution in [2.24, 2.45) is 0 Å². The van der Waals surface area contributed by atoms with Gasteiger partial charge in [-0.1, -0.05) is 17.8 Å². The molecule has 0 amide bonds. The zero-order valence-electron chi connectivity index (χ0n) is 13.0. The summed E-state index contributed by atoms with van der Waals surface area (Å²) in [4.78, 5) is 12.9. The van der Waals surface area contributed by atoms with E-state index in [0.717, 1.165) is 16.5 Å². The van der Waals surface area contributed by atoms with Gasteiger partial charge >= 0.3 is 12.1 Å². The van der Waals surface area contributed by atoms with Crippen molar-refractivity contribution in [1.29, 1.82) is 0 Å². The Morgan fingerprint density at radius 1 is 1.32 bits per heavy atom. The van der Waals surface area contributed by atoms with Crippen molar-refractivity contribution in [2.75, 3.05) is 15.7 Å². The topological polar surface area (TPSA) is 40.5 Å². The van der Waals surface area contributed by atoms with Crippen LogP contribution in [0.5, 0.6) is 0 Å². The van der Waals surface area contributed by atoms with Gasteiger partial charge in [0.15, 0.2) is 5.82 Å². The average molecular weight is 391 g/mol. The van der Waals surface area contributed by atoms with Gasteiger partial charge in [-0.25, -0.2) is 9.18 Å². The third-order valence-electron chi connectivity index (χ3n) is 3.89. The SMILES string of the molecule is CC1=C(C(=O)O)N(c2cccc(C(F)(F)F)c2F)C2=C(CSCS2)C1. The summed E-state index contributed by atoms with van der Waals surface area (Å²) in [7, 11) is 0. The molecule has 1 N–H and O–H groups in total. The third-order valence-corrected chi connectivity index (χ3v) is 6.33. The monoisotopic (exact) mass is 391 g/mol. The number of alkyl halides is 3. The van der Waals surface area contributed by atoms with Gasteiger partial charge in [0.1, 0.15) is 5.70 Å². The van der Waals surface area contributed by atoms with E-state index in [9.17, 15) is 27.5 Å². The van der Waals surface area contributed by atoms with Gasteiger partial charge in [0.2, 0.25) is 0 Å². The summed E-state index contributed by atoms with van der Waals surface area (Å²) in [6.07, 6.45) is -4.43. The lowest BCUT2D eigenvalue weighted by atomic mass is 10.0. The predicted octanol–water partition coefficient (Wildman–Crippen LogP) is 5.06. The number of carbonyl (C=O) groups is 1. The standard InChI is InChI=1S/C16H13F4NO2S2/c1-8-5-9-6-24-7-25-14(9)21(13(8)15(22)23)11-4-2-3-10(12(11)17)16(18,19)20/h2-4H,5-7H2,1H3,(H,22,23). The lowest BCUT2D eigenvalue weighted by molar-refractivity contribution is -0.139. The molecule has 2 heterocycles. The van der Waals surface area contributed by atoms with Crippen LogP contribution in [0.2, 0.25) is 0 Å². The first-order chi connectivity index (χ1) is 11.7. The number of carboxylic acid groups (broad SMARTS) is 1. The number of anilines is 1. The molecule has 0 radical (unpaired) electrons. The molecule has 3 nitrogen and oxygen atoms in total. The quantitative estimate of drug-likeness (QED) is 0.714. The van der Waals surface area contributed by atoms with Crippen LogP contribution in [0, 0.1) is 5.82 Å². The van der Waals surface area contributed by atoms with E-state index in [1.165, 1.54) is 17.8 Å². The minimum Gasteiger partial charge on any atom is -0.477 e. The van der Waals surface area contributed by atoms with Crippen molar-refractivity contribution >= 4 is 35.2 Å². The maximum absolute atomic E-state index is 14.7. The van der Waals surface area contributed by atoms with Gasteiger partial charge in [-0.2, -0.15) is 13.2 Å². The largest absolute Gasteiger partial charge is 0.477 e. The molecule has 0 aliphatic carbocycles. The Kier molecular flexibility index (Phi) is 4.80. The summed E-state index contributed by atoms with van der Waals surface area (Å²) in [5, 5.41) is 10.7. The number of aliphatic carboxylic acids is 1. The van der Waals surface area contributed by atoms with Crippen molar-refractivity contribution in [2.45, 2.75) is 19.5 Å². The molecule has 1 aromatic rings. The third kappa shape index (κ3) is 3.27.